The second kappa shape index (κ2) is 12.3. The molecule has 1 aliphatic heterocycles. The molecule has 1 aliphatic rings. The molecule has 0 aliphatic carbocycles. The molecule has 7 heteroatoms. The molecule has 3 rings (SSSR count). The Kier molecular flexibility index (Phi) is 9.71. The predicted molar refractivity (Wildman–Crippen MR) is 148 cm³/mol. The molecular weight excluding hydrogens is 535 g/mol. The zero-order chi connectivity index (χ0) is 26.3. The number of carbonyl (C=O) groups excluding carboxylic acids is 1. The van der Waals surface area contributed by atoms with Crippen LogP contribution in [0.15, 0.2) is 48.5 Å². The van der Waals surface area contributed by atoms with Crippen molar-refractivity contribution in [3.05, 3.63) is 54.1 Å². The van der Waals surface area contributed by atoms with Gasteiger partial charge in [0, 0.05) is 0 Å². The van der Waals surface area contributed by atoms with Gasteiger partial charge < -0.3 is 4.74 Å². The van der Waals surface area contributed by atoms with Crippen molar-refractivity contribution in [2.24, 2.45) is 0 Å². The number of benzene rings is 2. The minimum absolute atomic E-state index is 0.0301. The molecule has 2 atom stereocenters. The van der Waals surface area contributed by atoms with Crippen LogP contribution in [0.3, 0.4) is 0 Å². The summed E-state index contributed by atoms with van der Waals surface area (Å²) in [6.45, 7) is 15.5. The van der Waals surface area contributed by atoms with E-state index < -0.39 is 36.2 Å². The maximum atomic E-state index is 12.7. The summed E-state index contributed by atoms with van der Waals surface area (Å²) in [5.41, 5.74) is 1.15. The number of aryl methyl sites for hydroxylation is 1. The Morgan fingerprint density at radius 2 is 1.69 bits per heavy atom. The maximum absolute atomic E-state index is 12.7. The van der Waals surface area contributed by atoms with Crippen LogP contribution in [0.4, 0.5) is 4.79 Å². The number of ether oxygens (including phenoxy) is 3. The number of fused-ring (bicyclic) bond motifs is 1. The van der Waals surface area contributed by atoms with E-state index in [9.17, 15) is 4.79 Å². The first kappa shape index (κ1) is 28.3. The van der Waals surface area contributed by atoms with Crippen molar-refractivity contribution in [3.63, 3.8) is 0 Å². The van der Waals surface area contributed by atoms with Gasteiger partial charge in [-0.2, -0.15) is 0 Å². The van der Waals surface area contributed by atoms with Crippen molar-refractivity contribution in [2.75, 3.05) is 6.79 Å². The second-order valence-corrected chi connectivity index (χ2v) is 17.8. The first-order chi connectivity index (χ1) is 16.9. The van der Waals surface area contributed by atoms with Crippen LogP contribution >= 0.6 is 0 Å². The van der Waals surface area contributed by atoms with E-state index in [1.165, 1.54) is 0 Å². The Labute approximate surface area is 224 Å². The van der Waals surface area contributed by atoms with E-state index in [2.05, 4.69) is 53.4 Å². The molecule has 0 bridgehead atoms. The van der Waals surface area contributed by atoms with Gasteiger partial charge in [-0.3, -0.25) is 0 Å². The topological polar surface area (TPSA) is 54.0 Å². The molecule has 5 nitrogen and oxygen atoms in total. The molecule has 0 saturated carbocycles. The normalized spacial score (nSPS) is 14.7. The van der Waals surface area contributed by atoms with Gasteiger partial charge in [0.1, 0.15) is 0 Å². The van der Waals surface area contributed by atoms with E-state index in [-0.39, 0.29) is 21.7 Å². The van der Waals surface area contributed by atoms with E-state index in [1.807, 2.05) is 55.5 Å². The van der Waals surface area contributed by atoms with Gasteiger partial charge in [0.2, 0.25) is 6.79 Å². The summed E-state index contributed by atoms with van der Waals surface area (Å²) in [6.07, 6.45) is 0.542. The van der Waals surface area contributed by atoms with Crippen LogP contribution < -0.4 is 13.9 Å². The van der Waals surface area contributed by atoms with Crippen molar-refractivity contribution in [2.45, 2.75) is 83.6 Å². The van der Waals surface area contributed by atoms with Crippen LogP contribution in [0.25, 0.3) is 0 Å². The van der Waals surface area contributed by atoms with Crippen molar-refractivity contribution >= 4 is 33.3 Å². The molecule has 2 aromatic carbocycles. The summed E-state index contributed by atoms with van der Waals surface area (Å²) in [6, 6.07) is 15.7. The number of hydrogen-bond acceptors (Lipinski definition) is 5. The summed E-state index contributed by atoms with van der Waals surface area (Å²) in [4.78, 5) is 12.5. The standard InChI is InChI=1S/C29H38O5SeSi/c1-21(33-27(30)35-23-14-9-8-10-15-23)24(34-36(28(2,3)4)29(5,6)7)16-12-11-13-22-17-18-25-26(19-22)32-20-31-25/h8-10,14-15,17-19,21,24,36H,11,13,20H2,1-7H3/t21-,24?/m0/s1. The molecule has 0 spiro atoms. The molecule has 2 aromatic rings. The van der Waals surface area contributed by atoms with Gasteiger partial charge in [-0.25, -0.2) is 0 Å². The molecule has 0 N–H and O–H groups in total. The summed E-state index contributed by atoms with van der Waals surface area (Å²) < 4.78 is 24.5. The molecule has 0 radical (unpaired) electrons. The van der Waals surface area contributed by atoms with Crippen LogP contribution in [0.5, 0.6) is 11.5 Å². The van der Waals surface area contributed by atoms with Gasteiger partial charge in [0.05, 0.1) is 0 Å². The summed E-state index contributed by atoms with van der Waals surface area (Å²) in [5.74, 6) is 8.19. The van der Waals surface area contributed by atoms with E-state index >= 15 is 0 Å². The summed E-state index contributed by atoms with van der Waals surface area (Å²) in [5, 5.41) is 0.0603. The SMILES string of the molecule is C[C@H](OC(=O)[Se]c1ccccc1)C(C#CCCc1ccc2c(c1)OCO2)O[SiH](C(C)(C)C)C(C)(C)C. The zero-order valence-corrected chi connectivity index (χ0v) is 25.3. The van der Waals surface area contributed by atoms with Crippen molar-refractivity contribution < 1.29 is 23.4 Å². The van der Waals surface area contributed by atoms with Crippen molar-refractivity contribution in [1.29, 1.82) is 0 Å². The number of rotatable bonds is 8. The van der Waals surface area contributed by atoms with Gasteiger partial charge in [-0.05, 0) is 0 Å². The quantitative estimate of drug-likeness (QED) is 0.303. The van der Waals surface area contributed by atoms with E-state index in [0.29, 0.717) is 6.42 Å². The van der Waals surface area contributed by atoms with Crippen LogP contribution in [0.1, 0.15) is 60.5 Å². The van der Waals surface area contributed by atoms with E-state index in [1.54, 1.807) is 0 Å². The average molecular weight is 574 g/mol. The minimum atomic E-state index is -1.78. The second-order valence-electron chi connectivity index (χ2n) is 11.2. The first-order valence-electron chi connectivity index (χ1n) is 12.4. The predicted octanol–water partition coefficient (Wildman–Crippen LogP) is 5.62. The molecule has 0 amide bonds. The molecule has 0 fully saturated rings. The Morgan fingerprint density at radius 1 is 1.03 bits per heavy atom. The summed E-state index contributed by atoms with van der Waals surface area (Å²) in [7, 11) is -1.78. The molecule has 0 aromatic heterocycles. The first-order valence-corrected chi connectivity index (χ1v) is 15.7. The third-order valence-electron chi connectivity index (χ3n) is 5.73. The van der Waals surface area contributed by atoms with E-state index in [0.717, 1.165) is 27.9 Å². The fraction of sp³-hybridized carbons (Fsp3) is 0.483. The fourth-order valence-corrected chi connectivity index (χ4v) is 9.85. The number of carbonyl (C=O) groups is 1. The van der Waals surface area contributed by atoms with Crippen molar-refractivity contribution in [1.82, 2.24) is 0 Å². The molecule has 0 saturated heterocycles. The molecule has 1 heterocycles. The van der Waals surface area contributed by atoms with Gasteiger partial charge in [-0.15, -0.1) is 0 Å². The van der Waals surface area contributed by atoms with Gasteiger partial charge in [-0.1, -0.05) is 0 Å². The third-order valence-corrected chi connectivity index (χ3v) is 11.1. The Morgan fingerprint density at radius 3 is 2.36 bits per heavy atom. The summed E-state index contributed by atoms with van der Waals surface area (Å²) >= 11 is -0.405. The molecule has 194 valence electrons. The van der Waals surface area contributed by atoms with Gasteiger partial charge in [0.15, 0.2) is 0 Å². The van der Waals surface area contributed by atoms with Crippen molar-refractivity contribution in [3.8, 4) is 23.3 Å². The monoisotopic (exact) mass is 574 g/mol. The Bertz CT molecular complexity index is 1060. The Balaban J connectivity index is 1.71. The molecular formula is C29H38O5SeSi. The van der Waals surface area contributed by atoms with Crippen LogP contribution in [-0.2, 0) is 15.6 Å². The Hall–Kier alpha value is -2.23. The van der Waals surface area contributed by atoms with Gasteiger partial charge in [0.25, 0.3) is 0 Å². The van der Waals surface area contributed by atoms with Gasteiger partial charge >= 0.3 is 213 Å². The molecule has 36 heavy (non-hydrogen) atoms. The third kappa shape index (κ3) is 8.42. The molecule has 1 unspecified atom stereocenters. The number of hydrogen-bond donors (Lipinski definition) is 0. The average Bonchev–Trinajstić information content (AvgIpc) is 3.25. The van der Waals surface area contributed by atoms with Crippen LogP contribution in [-0.4, -0.2) is 47.9 Å². The van der Waals surface area contributed by atoms with Crippen LogP contribution in [0, 0.1) is 11.8 Å². The zero-order valence-electron chi connectivity index (χ0n) is 22.4. The van der Waals surface area contributed by atoms with Crippen LogP contribution in [0.2, 0.25) is 10.1 Å². The fourth-order valence-electron chi connectivity index (χ4n) is 4.41. The van der Waals surface area contributed by atoms with E-state index in [4.69, 9.17) is 18.6 Å².